The predicted molar refractivity (Wildman–Crippen MR) is 76.2 cm³/mol. The second-order valence-corrected chi connectivity index (χ2v) is 8.01. The molecule has 0 atom stereocenters. The standard InChI is InChI=1S/C16H17F6NO4/c17-14(18,16(21,22)15(19,20)12(26)27)11(25)23-10(24)13-4-7-1-8(5-13)3-9(2-7)6-13/h7-9H,1-6H2,(H,26,27)(H,23,24,25). The Labute approximate surface area is 149 Å². The molecule has 0 heterocycles. The van der Waals surface area contributed by atoms with E-state index in [0.717, 1.165) is 24.6 Å². The van der Waals surface area contributed by atoms with Crippen LogP contribution in [0.25, 0.3) is 0 Å². The fraction of sp³-hybridized carbons (Fsp3) is 0.812. The zero-order chi connectivity index (χ0) is 20.4. The molecule has 4 fully saturated rings. The lowest BCUT2D eigenvalue weighted by Gasteiger charge is -2.55. The molecule has 152 valence electrons. The van der Waals surface area contributed by atoms with Crippen molar-refractivity contribution in [3.63, 3.8) is 0 Å². The van der Waals surface area contributed by atoms with Gasteiger partial charge in [-0.3, -0.25) is 14.9 Å². The summed E-state index contributed by atoms with van der Waals surface area (Å²) in [4.78, 5) is 34.3. The van der Waals surface area contributed by atoms with Gasteiger partial charge < -0.3 is 5.11 Å². The van der Waals surface area contributed by atoms with Crippen molar-refractivity contribution in [1.82, 2.24) is 5.32 Å². The smallest absolute Gasteiger partial charge is 0.411 e. The van der Waals surface area contributed by atoms with E-state index in [1.165, 1.54) is 0 Å². The first-order valence-electron chi connectivity index (χ1n) is 8.45. The molecule has 0 radical (unpaired) electrons. The normalized spacial score (nSPS) is 33.0. The topological polar surface area (TPSA) is 83.5 Å². The summed E-state index contributed by atoms with van der Waals surface area (Å²) in [5.74, 6) is -25.9. The molecule has 0 unspecified atom stereocenters. The van der Waals surface area contributed by atoms with Gasteiger partial charge in [0.1, 0.15) is 0 Å². The Morgan fingerprint density at radius 1 is 0.815 bits per heavy atom. The van der Waals surface area contributed by atoms with E-state index in [4.69, 9.17) is 5.11 Å². The molecule has 0 aromatic carbocycles. The minimum atomic E-state index is -6.52. The first-order chi connectivity index (χ1) is 12.2. The molecule has 2 N–H and O–H groups in total. The Hall–Kier alpha value is -1.81. The molecule has 4 saturated carbocycles. The minimum absolute atomic E-state index is 0.176. The van der Waals surface area contributed by atoms with Crippen molar-refractivity contribution in [1.29, 1.82) is 0 Å². The van der Waals surface area contributed by atoms with Gasteiger partial charge in [-0.1, -0.05) is 0 Å². The Morgan fingerprint density at radius 2 is 1.22 bits per heavy atom. The van der Waals surface area contributed by atoms with E-state index in [2.05, 4.69) is 0 Å². The van der Waals surface area contributed by atoms with Crippen molar-refractivity contribution < 1.29 is 45.8 Å². The third kappa shape index (κ3) is 2.80. The third-order valence-corrected chi connectivity index (χ3v) is 6.09. The number of hydrogen-bond donors (Lipinski definition) is 2. The van der Waals surface area contributed by atoms with Crippen LogP contribution in [0.4, 0.5) is 26.3 Å². The summed E-state index contributed by atoms with van der Waals surface area (Å²) in [5, 5.41) is 9.26. The number of imide groups is 1. The van der Waals surface area contributed by atoms with E-state index < -0.39 is 41.0 Å². The highest BCUT2D eigenvalue weighted by Crippen LogP contribution is 2.60. The van der Waals surface area contributed by atoms with Crippen LogP contribution >= 0.6 is 0 Å². The molecule has 4 aliphatic carbocycles. The highest BCUT2D eigenvalue weighted by atomic mass is 19.3. The fourth-order valence-electron chi connectivity index (χ4n) is 5.18. The number of rotatable bonds is 5. The number of alkyl halides is 6. The van der Waals surface area contributed by atoms with Gasteiger partial charge in [0.25, 0.3) is 0 Å². The monoisotopic (exact) mass is 401 g/mol. The molecule has 0 spiro atoms. The molecule has 4 aliphatic rings. The first kappa shape index (κ1) is 19.9. The number of hydrogen-bond acceptors (Lipinski definition) is 3. The molecule has 4 bridgehead atoms. The summed E-state index contributed by atoms with van der Waals surface area (Å²) in [6.45, 7) is 0. The van der Waals surface area contributed by atoms with Crippen LogP contribution in [-0.2, 0) is 14.4 Å². The number of nitrogens with one attached hydrogen (secondary N) is 1. The highest BCUT2D eigenvalue weighted by Gasteiger charge is 2.78. The number of carbonyl (C=O) groups is 3. The van der Waals surface area contributed by atoms with Crippen molar-refractivity contribution in [3.8, 4) is 0 Å². The number of amides is 2. The van der Waals surface area contributed by atoms with Gasteiger partial charge in [-0.25, -0.2) is 4.79 Å². The molecule has 0 aromatic rings. The van der Waals surface area contributed by atoms with E-state index in [9.17, 15) is 40.7 Å². The molecular formula is C16H17F6NO4. The Kier molecular flexibility index (Phi) is 4.31. The molecule has 4 rings (SSSR count). The van der Waals surface area contributed by atoms with Gasteiger partial charge in [0, 0.05) is 0 Å². The summed E-state index contributed by atoms with van der Waals surface area (Å²) >= 11 is 0. The zero-order valence-corrected chi connectivity index (χ0v) is 13.9. The van der Waals surface area contributed by atoms with Crippen LogP contribution in [0.1, 0.15) is 38.5 Å². The van der Waals surface area contributed by atoms with Crippen molar-refractivity contribution in [2.75, 3.05) is 0 Å². The largest absolute Gasteiger partial charge is 0.477 e. The number of carboxylic acids is 1. The van der Waals surface area contributed by atoms with E-state index in [1.54, 1.807) is 0 Å². The predicted octanol–water partition coefficient (Wildman–Crippen LogP) is 2.84. The lowest BCUT2D eigenvalue weighted by Crippen LogP contribution is -2.65. The molecule has 0 aliphatic heterocycles. The van der Waals surface area contributed by atoms with E-state index in [-0.39, 0.29) is 17.8 Å². The maximum Gasteiger partial charge on any atom is 0.411 e. The number of aliphatic carboxylic acids is 1. The van der Waals surface area contributed by atoms with Crippen molar-refractivity contribution in [2.24, 2.45) is 23.2 Å². The molecular weight excluding hydrogens is 384 g/mol. The maximum atomic E-state index is 13.7. The summed E-state index contributed by atoms with van der Waals surface area (Å²) in [6.07, 6.45) is 3.60. The lowest BCUT2D eigenvalue weighted by molar-refractivity contribution is -0.292. The van der Waals surface area contributed by atoms with Gasteiger partial charge in [0.05, 0.1) is 5.41 Å². The molecule has 11 heteroatoms. The number of carboxylic acid groups (broad SMARTS) is 1. The van der Waals surface area contributed by atoms with Gasteiger partial charge in [-0.15, -0.1) is 0 Å². The molecule has 5 nitrogen and oxygen atoms in total. The van der Waals surface area contributed by atoms with Crippen LogP contribution in [0.5, 0.6) is 0 Å². The van der Waals surface area contributed by atoms with Crippen LogP contribution in [0.2, 0.25) is 0 Å². The molecule has 2 amide bonds. The third-order valence-electron chi connectivity index (χ3n) is 6.09. The summed E-state index contributed by atoms with van der Waals surface area (Å²) in [7, 11) is 0. The fourth-order valence-corrected chi connectivity index (χ4v) is 5.18. The van der Waals surface area contributed by atoms with Gasteiger partial charge in [-0.2, -0.15) is 26.3 Å². The van der Waals surface area contributed by atoms with Crippen LogP contribution in [0.15, 0.2) is 0 Å². The first-order valence-corrected chi connectivity index (χ1v) is 8.45. The summed E-state index contributed by atoms with van der Waals surface area (Å²) in [5.41, 5.74) is -1.15. The Balaban J connectivity index is 1.78. The van der Waals surface area contributed by atoms with E-state index in [0.29, 0.717) is 19.3 Å². The average molecular weight is 401 g/mol. The second-order valence-electron chi connectivity index (χ2n) is 8.01. The second kappa shape index (κ2) is 5.84. The van der Waals surface area contributed by atoms with Crippen LogP contribution in [0, 0.1) is 23.2 Å². The minimum Gasteiger partial charge on any atom is -0.477 e. The number of carbonyl (C=O) groups excluding carboxylic acids is 2. The van der Waals surface area contributed by atoms with Gasteiger partial charge >= 0.3 is 29.6 Å². The highest BCUT2D eigenvalue weighted by molar-refractivity contribution is 6.02. The Bertz CT molecular complexity index is 657. The SMILES string of the molecule is O=C(NC(=O)C(F)(F)C(F)(F)C(F)(F)C(=O)O)C12CC3CC(CC(C3)C1)C2. The average Bonchev–Trinajstić information content (AvgIpc) is 2.52. The van der Waals surface area contributed by atoms with Crippen LogP contribution in [0.3, 0.4) is 0 Å². The molecule has 0 aromatic heterocycles. The zero-order valence-electron chi connectivity index (χ0n) is 13.9. The summed E-state index contributed by atoms with van der Waals surface area (Å²) in [6, 6.07) is 0. The van der Waals surface area contributed by atoms with Crippen LogP contribution < -0.4 is 5.32 Å². The van der Waals surface area contributed by atoms with Gasteiger partial charge in [0.15, 0.2) is 0 Å². The molecule has 0 saturated heterocycles. The van der Waals surface area contributed by atoms with E-state index in [1.807, 2.05) is 0 Å². The van der Waals surface area contributed by atoms with Crippen LogP contribution in [-0.4, -0.2) is 40.7 Å². The van der Waals surface area contributed by atoms with Crippen molar-refractivity contribution >= 4 is 17.8 Å². The lowest BCUT2D eigenvalue weighted by atomic mass is 9.49. The molecule has 27 heavy (non-hydrogen) atoms. The maximum absolute atomic E-state index is 13.7. The van der Waals surface area contributed by atoms with Gasteiger partial charge in [0.2, 0.25) is 5.91 Å². The number of halogens is 6. The van der Waals surface area contributed by atoms with Gasteiger partial charge in [-0.05, 0) is 56.3 Å². The summed E-state index contributed by atoms with van der Waals surface area (Å²) < 4.78 is 80.4. The Morgan fingerprint density at radius 3 is 1.59 bits per heavy atom. The van der Waals surface area contributed by atoms with Crippen molar-refractivity contribution in [3.05, 3.63) is 0 Å². The quantitative estimate of drug-likeness (QED) is 0.694. The van der Waals surface area contributed by atoms with E-state index >= 15 is 0 Å². The van der Waals surface area contributed by atoms with Crippen molar-refractivity contribution in [2.45, 2.75) is 56.3 Å².